The van der Waals surface area contributed by atoms with E-state index in [-0.39, 0.29) is 17.9 Å². The van der Waals surface area contributed by atoms with Gasteiger partial charge < -0.3 is 15.6 Å². The Labute approximate surface area is 152 Å². The molecule has 3 rings (SSSR count). The molecule has 0 radical (unpaired) electrons. The molecule has 0 unspecified atom stereocenters. The molecule has 0 saturated heterocycles. The Morgan fingerprint density at radius 3 is 2.50 bits per heavy atom. The fourth-order valence-electron chi connectivity index (χ4n) is 2.90. The third-order valence-corrected chi connectivity index (χ3v) is 4.16. The molecule has 0 aliphatic carbocycles. The van der Waals surface area contributed by atoms with Gasteiger partial charge in [0.15, 0.2) is 0 Å². The van der Waals surface area contributed by atoms with Crippen LogP contribution < -0.4 is 10.6 Å². The summed E-state index contributed by atoms with van der Waals surface area (Å²) in [6.07, 6.45) is 2.72. The van der Waals surface area contributed by atoms with Crippen LogP contribution in [-0.4, -0.2) is 29.4 Å². The molecular weight excluding hydrogens is 326 g/mol. The van der Waals surface area contributed by atoms with Crippen molar-refractivity contribution in [3.8, 4) is 0 Å². The molecule has 134 valence electrons. The van der Waals surface area contributed by atoms with Crippen molar-refractivity contribution >= 4 is 22.7 Å². The van der Waals surface area contributed by atoms with Crippen molar-refractivity contribution in [3.05, 3.63) is 71.4 Å². The number of rotatable bonds is 6. The van der Waals surface area contributed by atoms with E-state index in [1.807, 2.05) is 38.2 Å². The average Bonchev–Trinajstić information content (AvgIpc) is 3.04. The van der Waals surface area contributed by atoms with Gasteiger partial charge in [0.2, 0.25) is 0 Å². The molecule has 0 saturated carbocycles. The number of fused-ring (bicyclic) bond motifs is 1. The van der Waals surface area contributed by atoms with E-state index in [1.54, 1.807) is 24.3 Å². The Bertz CT molecular complexity index is 928. The highest BCUT2D eigenvalue weighted by Gasteiger charge is 2.11. The lowest BCUT2D eigenvalue weighted by atomic mass is 10.1. The van der Waals surface area contributed by atoms with Gasteiger partial charge in [0.1, 0.15) is 0 Å². The highest BCUT2D eigenvalue weighted by molar-refractivity contribution is 5.99. The molecule has 0 spiro atoms. The molecule has 5 heteroatoms. The number of aromatic amines is 1. The van der Waals surface area contributed by atoms with Gasteiger partial charge in [0, 0.05) is 40.8 Å². The minimum absolute atomic E-state index is 0.0520. The lowest BCUT2D eigenvalue weighted by Crippen LogP contribution is -2.30. The Morgan fingerprint density at radius 2 is 1.73 bits per heavy atom. The summed E-state index contributed by atoms with van der Waals surface area (Å²) in [6.45, 7) is 4.33. The summed E-state index contributed by atoms with van der Waals surface area (Å²) in [5.41, 5.74) is 3.24. The van der Waals surface area contributed by atoms with E-state index in [1.165, 1.54) is 10.9 Å². The molecule has 2 amide bonds. The number of benzene rings is 2. The van der Waals surface area contributed by atoms with Gasteiger partial charge in [0.25, 0.3) is 11.8 Å². The first-order valence-electron chi connectivity index (χ1n) is 8.78. The summed E-state index contributed by atoms with van der Waals surface area (Å²) in [6, 6.07) is 14.9. The molecule has 1 aromatic heterocycles. The number of hydrogen-bond donors (Lipinski definition) is 3. The maximum Gasteiger partial charge on any atom is 0.251 e. The SMILES string of the molecule is CC(C)NC(=O)c1cccc(C(=O)NCCc2c[nH]c3ccccc23)c1. The molecule has 0 fully saturated rings. The van der Waals surface area contributed by atoms with Crippen molar-refractivity contribution in [2.45, 2.75) is 26.3 Å². The lowest BCUT2D eigenvalue weighted by molar-refractivity contribution is 0.0943. The van der Waals surface area contributed by atoms with Gasteiger partial charge in [-0.1, -0.05) is 24.3 Å². The van der Waals surface area contributed by atoms with Gasteiger partial charge in [-0.2, -0.15) is 0 Å². The molecule has 0 bridgehead atoms. The van der Waals surface area contributed by atoms with Crippen molar-refractivity contribution < 1.29 is 9.59 Å². The first-order valence-corrected chi connectivity index (χ1v) is 8.78. The Kier molecular flexibility index (Phi) is 5.37. The zero-order valence-corrected chi connectivity index (χ0v) is 15.0. The molecule has 5 nitrogen and oxygen atoms in total. The van der Waals surface area contributed by atoms with E-state index < -0.39 is 0 Å². The number of amides is 2. The van der Waals surface area contributed by atoms with Gasteiger partial charge in [-0.15, -0.1) is 0 Å². The maximum absolute atomic E-state index is 12.4. The van der Waals surface area contributed by atoms with Gasteiger partial charge >= 0.3 is 0 Å². The first kappa shape index (κ1) is 17.7. The van der Waals surface area contributed by atoms with E-state index >= 15 is 0 Å². The third kappa shape index (κ3) is 4.11. The van der Waals surface area contributed by atoms with E-state index in [9.17, 15) is 9.59 Å². The zero-order valence-electron chi connectivity index (χ0n) is 15.0. The van der Waals surface area contributed by atoms with Crippen molar-refractivity contribution in [1.29, 1.82) is 0 Å². The van der Waals surface area contributed by atoms with Gasteiger partial charge in [-0.05, 0) is 50.1 Å². The van der Waals surface area contributed by atoms with Crippen LogP contribution in [0.2, 0.25) is 0 Å². The summed E-state index contributed by atoms with van der Waals surface area (Å²) in [4.78, 5) is 27.7. The number of aromatic nitrogens is 1. The zero-order chi connectivity index (χ0) is 18.5. The smallest absolute Gasteiger partial charge is 0.251 e. The largest absolute Gasteiger partial charge is 0.361 e. The molecule has 0 aliphatic rings. The fourth-order valence-corrected chi connectivity index (χ4v) is 2.90. The van der Waals surface area contributed by atoms with Crippen molar-refractivity contribution in [1.82, 2.24) is 15.6 Å². The summed E-state index contributed by atoms with van der Waals surface area (Å²) < 4.78 is 0. The second-order valence-corrected chi connectivity index (χ2v) is 6.57. The lowest BCUT2D eigenvalue weighted by Gasteiger charge is -2.10. The second-order valence-electron chi connectivity index (χ2n) is 6.57. The van der Waals surface area contributed by atoms with Crippen LogP contribution in [0.25, 0.3) is 10.9 Å². The maximum atomic E-state index is 12.4. The Balaban J connectivity index is 1.61. The summed E-state index contributed by atoms with van der Waals surface area (Å²) in [7, 11) is 0. The topological polar surface area (TPSA) is 74.0 Å². The number of nitrogens with one attached hydrogen (secondary N) is 3. The molecule has 1 heterocycles. The molecule has 0 aliphatic heterocycles. The van der Waals surface area contributed by atoms with Gasteiger partial charge in [-0.3, -0.25) is 9.59 Å². The number of carbonyl (C=O) groups is 2. The van der Waals surface area contributed by atoms with E-state index in [4.69, 9.17) is 0 Å². The third-order valence-electron chi connectivity index (χ3n) is 4.16. The van der Waals surface area contributed by atoms with Crippen LogP contribution in [0.3, 0.4) is 0 Å². The van der Waals surface area contributed by atoms with E-state index in [2.05, 4.69) is 21.7 Å². The average molecular weight is 349 g/mol. The standard InChI is InChI=1S/C21H23N3O2/c1-14(2)24-21(26)16-7-5-6-15(12-16)20(25)22-11-10-17-13-23-19-9-4-3-8-18(17)19/h3-9,12-14,23H,10-11H2,1-2H3,(H,22,25)(H,24,26). The van der Waals surface area contributed by atoms with Crippen molar-refractivity contribution in [3.63, 3.8) is 0 Å². The normalized spacial score (nSPS) is 10.9. The molecule has 26 heavy (non-hydrogen) atoms. The van der Waals surface area contributed by atoms with Gasteiger partial charge in [-0.25, -0.2) is 0 Å². The molecular formula is C21H23N3O2. The highest BCUT2D eigenvalue weighted by Crippen LogP contribution is 2.17. The number of hydrogen-bond acceptors (Lipinski definition) is 2. The summed E-state index contributed by atoms with van der Waals surface area (Å²) >= 11 is 0. The molecule has 3 N–H and O–H groups in total. The first-order chi connectivity index (χ1) is 12.5. The van der Waals surface area contributed by atoms with Crippen LogP contribution in [0.5, 0.6) is 0 Å². The predicted octanol–water partition coefficient (Wildman–Crippen LogP) is 3.28. The second kappa shape index (κ2) is 7.87. The number of H-pyrrole nitrogens is 1. The number of para-hydroxylation sites is 1. The molecule has 2 aromatic carbocycles. The summed E-state index contributed by atoms with van der Waals surface area (Å²) in [5.74, 6) is -0.350. The van der Waals surface area contributed by atoms with Crippen LogP contribution in [0.4, 0.5) is 0 Å². The molecule has 0 atom stereocenters. The number of carbonyl (C=O) groups excluding carboxylic acids is 2. The van der Waals surface area contributed by atoms with Crippen molar-refractivity contribution in [2.24, 2.45) is 0 Å². The van der Waals surface area contributed by atoms with Crippen LogP contribution in [0, 0.1) is 0 Å². The highest BCUT2D eigenvalue weighted by atomic mass is 16.2. The minimum Gasteiger partial charge on any atom is -0.361 e. The van der Waals surface area contributed by atoms with Crippen LogP contribution in [0.1, 0.15) is 40.1 Å². The van der Waals surface area contributed by atoms with E-state index in [0.29, 0.717) is 17.7 Å². The van der Waals surface area contributed by atoms with E-state index in [0.717, 1.165) is 11.9 Å². The van der Waals surface area contributed by atoms with Crippen LogP contribution in [0.15, 0.2) is 54.7 Å². The fraction of sp³-hybridized carbons (Fsp3) is 0.238. The van der Waals surface area contributed by atoms with Crippen LogP contribution in [-0.2, 0) is 6.42 Å². The Hall–Kier alpha value is -3.08. The predicted molar refractivity (Wildman–Crippen MR) is 103 cm³/mol. The monoisotopic (exact) mass is 349 g/mol. The minimum atomic E-state index is -0.177. The van der Waals surface area contributed by atoms with Crippen molar-refractivity contribution in [2.75, 3.05) is 6.54 Å². The molecule has 3 aromatic rings. The summed E-state index contributed by atoms with van der Waals surface area (Å²) in [5, 5.41) is 6.93. The quantitative estimate of drug-likeness (QED) is 0.639. The van der Waals surface area contributed by atoms with Crippen LogP contribution >= 0.6 is 0 Å². The van der Waals surface area contributed by atoms with Gasteiger partial charge in [0.05, 0.1) is 0 Å². The Morgan fingerprint density at radius 1 is 1.00 bits per heavy atom.